The lowest BCUT2D eigenvalue weighted by Gasteiger charge is -2.77. The predicted octanol–water partition coefficient (Wildman–Crippen LogP) is 3.18. The molecule has 8 atom stereocenters. The highest BCUT2D eigenvalue weighted by Crippen LogP contribution is 2.75. The minimum Gasteiger partial charge on any atom is -0.387 e. The first-order valence-corrected chi connectivity index (χ1v) is 11.4. The molecule has 6 aliphatic rings. The summed E-state index contributed by atoms with van der Waals surface area (Å²) >= 11 is 0. The summed E-state index contributed by atoms with van der Waals surface area (Å²) in [6.45, 7) is 15.5. The molecule has 0 aromatic heterocycles. The molecule has 6 nitrogen and oxygen atoms in total. The average Bonchev–Trinajstić information content (AvgIpc) is 2.65. The van der Waals surface area contributed by atoms with Gasteiger partial charge in [-0.15, -0.1) is 0 Å². The molecule has 5 fully saturated rings. The summed E-state index contributed by atoms with van der Waals surface area (Å²) in [4.78, 5) is 27.3. The second-order valence-corrected chi connectivity index (χ2v) is 11.5. The van der Waals surface area contributed by atoms with Gasteiger partial charge in [-0.2, -0.15) is 0 Å². The van der Waals surface area contributed by atoms with E-state index in [0.29, 0.717) is 6.42 Å². The maximum Gasteiger partial charge on any atom is 0.213 e. The monoisotopic (exact) mass is 430 g/mol. The van der Waals surface area contributed by atoms with Crippen LogP contribution in [0.1, 0.15) is 54.4 Å². The van der Waals surface area contributed by atoms with Crippen molar-refractivity contribution < 1.29 is 28.9 Å². The van der Waals surface area contributed by atoms with Crippen LogP contribution in [-0.4, -0.2) is 47.1 Å². The van der Waals surface area contributed by atoms with Crippen LogP contribution in [0.15, 0.2) is 24.3 Å². The molecule has 3 heterocycles. The molecule has 2 spiro atoms. The third kappa shape index (κ3) is 2.18. The van der Waals surface area contributed by atoms with Crippen LogP contribution in [-0.2, 0) is 23.8 Å². The summed E-state index contributed by atoms with van der Waals surface area (Å²) < 4.78 is 19.4. The number of rotatable bonds is 2. The van der Waals surface area contributed by atoms with Gasteiger partial charge in [0.05, 0.1) is 18.1 Å². The van der Waals surface area contributed by atoms with E-state index in [1.165, 1.54) is 6.92 Å². The lowest BCUT2D eigenvalue weighted by atomic mass is 9.35. The zero-order chi connectivity index (χ0) is 22.8. The number of carbonyl (C=O) groups is 2. The van der Waals surface area contributed by atoms with Crippen molar-refractivity contribution in [3.05, 3.63) is 24.3 Å². The fraction of sp³-hybridized carbons (Fsp3) is 0.760. The molecule has 3 aliphatic carbocycles. The molecule has 0 amide bonds. The third-order valence-electron chi connectivity index (χ3n) is 9.06. The van der Waals surface area contributed by atoms with Gasteiger partial charge in [-0.05, 0) is 57.9 Å². The Labute approximate surface area is 184 Å². The van der Waals surface area contributed by atoms with Gasteiger partial charge >= 0.3 is 0 Å². The Morgan fingerprint density at radius 2 is 1.87 bits per heavy atom. The predicted molar refractivity (Wildman–Crippen MR) is 113 cm³/mol. The summed E-state index contributed by atoms with van der Waals surface area (Å²) in [6, 6.07) is 0. The number of Topliss-reactive ketones (excluding diaryl/α,β-unsaturated/α-hetero) is 1. The van der Waals surface area contributed by atoms with Crippen LogP contribution in [0.5, 0.6) is 0 Å². The normalized spacial score (nSPS) is 51.1. The van der Waals surface area contributed by atoms with Crippen molar-refractivity contribution in [2.75, 3.05) is 6.61 Å². The number of fused-ring (bicyclic) bond motifs is 1. The molecule has 170 valence electrons. The molecule has 6 rings (SSSR count). The molecule has 1 unspecified atom stereocenters. The van der Waals surface area contributed by atoms with Crippen LogP contribution >= 0.6 is 0 Å². The van der Waals surface area contributed by atoms with Crippen LogP contribution in [0, 0.1) is 34.0 Å². The first-order valence-electron chi connectivity index (χ1n) is 11.4. The van der Waals surface area contributed by atoms with E-state index in [1.54, 1.807) is 19.9 Å². The van der Waals surface area contributed by atoms with Gasteiger partial charge in [-0.25, -0.2) is 0 Å². The molecule has 0 aromatic rings. The Bertz CT molecular complexity index is 917. The molecule has 2 saturated carbocycles. The van der Waals surface area contributed by atoms with E-state index in [-0.39, 0.29) is 30.0 Å². The molecular formula is C25H34O6. The standard InChI is InChI=1S/C25H34O6/c1-13(2)15-8-9-16-23-12-29-25(19(28)18(23)21(4,5)11-10-17(23)27)24(16,14(3)26)20(15)30-22(6,7)31-25/h10-11,15-16,18-20,28H,1,8-9,12H2,2-7H3/t15-,16-,18+,19-,20+,23+,24+,25?/m0/s1. The van der Waals surface area contributed by atoms with Gasteiger partial charge in [0.1, 0.15) is 17.3 Å². The van der Waals surface area contributed by atoms with E-state index in [0.717, 1.165) is 12.0 Å². The summed E-state index contributed by atoms with van der Waals surface area (Å²) in [6.07, 6.45) is 3.22. The average molecular weight is 431 g/mol. The molecule has 1 N–H and O–H groups in total. The van der Waals surface area contributed by atoms with Crippen LogP contribution in [0.2, 0.25) is 0 Å². The minimum absolute atomic E-state index is 0.0628. The van der Waals surface area contributed by atoms with Crippen LogP contribution < -0.4 is 0 Å². The minimum atomic E-state index is -1.57. The number of aliphatic hydroxyl groups is 1. The summed E-state index contributed by atoms with van der Waals surface area (Å²) in [5.74, 6) is -3.71. The van der Waals surface area contributed by atoms with Gasteiger partial charge in [0.15, 0.2) is 11.6 Å². The van der Waals surface area contributed by atoms with Crippen molar-refractivity contribution in [2.24, 2.45) is 34.0 Å². The number of ether oxygens (including phenoxy) is 3. The van der Waals surface area contributed by atoms with E-state index in [4.69, 9.17) is 14.2 Å². The van der Waals surface area contributed by atoms with E-state index in [1.807, 2.05) is 26.8 Å². The third-order valence-corrected chi connectivity index (χ3v) is 9.06. The highest BCUT2D eigenvalue weighted by atomic mass is 16.8. The van der Waals surface area contributed by atoms with Gasteiger partial charge in [0.25, 0.3) is 0 Å². The topological polar surface area (TPSA) is 82.1 Å². The van der Waals surface area contributed by atoms with Crippen molar-refractivity contribution in [1.29, 1.82) is 0 Å². The highest BCUT2D eigenvalue weighted by Gasteiger charge is 2.87. The second-order valence-electron chi connectivity index (χ2n) is 11.5. The number of hydrogen-bond donors (Lipinski definition) is 1. The van der Waals surface area contributed by atoms with Crippen LogP contribution in [0.4, 0.5) is 0 Å². The quantitative estimate of drug-likeness (QED) is 0.678. The Morgan fingerprint density at radius 3 is 2.48 bits per heavy atom. The number of allylic oxidation sites excluding steroid dienone is 2. The first kappa shape index (κ1) is 21.5. The molecule has 0 radical (unpaired) electrons. The number of hydrogen-bond acceptors (Lipinski definition) is 6. The van der Waals surface area contributed by atoms with Gasteiger partial charge < -0.3 is 19.3 Å². The van der Waals surface area contributed by atoms with Gasteiger partial charge in [0, 0.05) is 11.8 Å². The Morgan fingerprint density at radius 1 is 1.19 bits per heavy atom. The molecule has 3 saturated heterocycles. The van der Waals surface area contributed by atoms with Crippen molar-refractivity contribution in [1.82, 2.24) is 0 Å². The van der Waals surface area contributed by atoms with Gasteiger partial charge in [0.2, 0.25) is 5.79 Å². The number of aliphatic hydroxyl groups excluding tert-OH is 1. The van der Waals surface area contributed by atoms with E-state index < -0.39 is 45.9 Å². The second kappa shape index (κ2) is 5.96. The Kier molecular flexibility index (Phi) is 4.13. The van der Waals surface area contributed by atoms with Crippen LogP contribution in [0.25, 0.3) is 0 Å². The summed E-state index contributed by atoms with van der Waals surface area (Å²) in [5.41, 5.74) is -1.80. The maximum absolute atomic E-state index is 13.7. The lowest BCUT2D eigenvalue weighted by molar-refractivity contribution is -0.525. The molecular weight excluding hydrogens is 396 g/mol. The van der Waals surface area contributed by atoms with E-state index in [2.05, 4.69) is 6.58 Å². The van der Waals surface area contributed by atoms with Crippen LogP contribution in [0.3, 0.4) is 0 Å². The Hall–Kier alpha value is -1.34. The summed E-state index contributed by atoms with van der Waals surface area (Å²) in [7, 11) is 0. The zero-order valence-electron chi connectivity index (χ0n) is 19.4. The largest absolute Gasteiger partial charge is 0.387 e. The molecule has 2 bridgehead atoms. The van der Waals surface area contributed by atoms with Crippen molar-refractivity contribution in [3.8, 4) is 0 Å². The van der Waals surface area contributed by atoms with Gasteiger partial charge in [-0.3, -0.25) is 9.59 Å². The molecule has 3 aliphatic heterocycles. The smallest absolute Gasteiger partial charge is 0.213 e. The maximum atomic E-state index is 13.7. The van der Waals surface area contributed by atoms with Crippen molar-refractivity contribution in [3.63, 3.8) is 0 Å². The van der Waals surface area contributed by atoms with E-state index in [9.17, 15) is 14.7 Å². The number of carbonyl (C=O) groups excluding carboxylic acids is 2. The Balaban J connectivity index is 1.86. The zero-order valence-corrected chi connectivity index (χ0v) is 19.4. The molecule has 0 aromatic carbocycles. The SMILES string of the molecule is C=C(C)[C@@H]1CC[C@H]2[C@@]34COC5(OC(C)(C)O[C@H]1[C@@]25C(C)=O)[C@@H](O)[C@@H]3C(C)(C)C=CC4=O. The fourth-order valence-corrected chi connectivity index (χ4v) is 8.19. The lowest BCUT2D eigenvalue weighted by Crippen LogP contribution is -2.89. The fourth-order valence-electron chi connectivity index (χ4n) is 8.19. The molecule has 31 heavy (non-hydrogen) atoms. The number of ketones is 2. The first-order chi connectivity index (χ1) is 14.3. The van der Waals surface area contributed by atoms with Crippen molar-refractivity contribution >= 4 is 11.6 Å². The summed E-state index contributed by atoms with van der Waals surface area (Å²) in [5, 5.41) is 12.0. The van der Waals surface area contributed by atoms with E-state index >= 15 is 0 Å². The molecule has 6 heteroatoms. The van der Waals surface area contributed by atoms with Crippen molar-refractivity contribution in [2.45, 2.75) is 78.2 Å². The highest BCUT2D eigenvalue weighted by molar-refractivity contribution is 5.99. The van der Waals surface area contributed by atoms with Gasteiger partial charge in [-0.1, -0.05) is 32.1 Å².